The maximum atomic E-state index is 11.1. The second-order valence-electron chi connectivity index (χ2n) is 5.23. The van der Waals surface area contributed by atoms with Crippen LogP contribution in [0.1, 0.15) is 46.0 Å². The Kier molecular flexibility index (Phi) is 2.54. The molecule has 0 aromatic rings. The lowest BCUT2D eigenvalue weighted by Crippen LogP contribution is -2.58. The van der Waals surface area contributed by atoms with Crippen molar-refractivity contribution in [2.24, 2.45) is 11.3 Å². The van der Waals surface area contributed by atoms with Gasteiger partial charge in [0.25, 0.3) is 0 Å². The van der Waals surface area contributed by atoms with E-state index >= 15 is 0 Å². The molecule has 0 N–H and O–H groups in total. The van der Waals surface area contributed by atoms with Crippen LogP contribution in [-0.4, -0.2) is 23.9 Å². The highest BCUT2D eigenvalue weighted by Crippen LogP contribution is 2.46. The maximum absolute atomic E-state index is 11.1. The molecule has 2 aliphatic rings. The summed E-state index contributed by atoms with van der Waals surface area (Å²) in [5.74, 6) is 1.22. The highest BCUT2D eigenvalue weighted by Gasteiger charge is 2.45. The average molecular weight is 195 g/mol. The summed E-state index contributed by atoms with van der Waals surface area (Å²) in [4.78, 5) is 13.1. The highest BCUT2D eigenvalue weighted by atomic mass is 16.2. The third-order valence-electron chi connectivity index (χ3n) is 4.24. The second kappa shape index (κ2) is 3.56. The Labute approximate surface area is 86.7 Å². The molecule has 1 heterocycles. The van der Waals surface area contributed by atoms with E-state index in [2.05, 4.69) is 6.92 Å². The third-order valence-corrected chi connectivity index (χ3v) is 4.24. The molecule has 0 bridgehead atoms. The van der Waals surface area contributed by atoms with E-state index in [1.165, 1.54) is 32.1 Å². The molecule has 2 fully saturated rings. The standard InChI is InChI=1S/C12H21NO/c1-3-11-4-6-12(7-5-11)8-13(9-12)10(2)14/h11H,3-9H2,1-2H3. The topological polar surface area (TPSA) is 20.3 Å². The normalized spacial score (nSPS) is 26.3. The monoisotopic (exact) mass is 195 g/mol. The Morgan fingerprint density at radius 3 is 2.36 bits per heavy atom. The molecule has 0 aromatic carbocycles. The zero-order chi connectivity index (χ0) is 10.2. The van der Waals surface area contributed by atoms with Gasteiger partial charge in [-0.15, -0.1) is 0 Å². The Morgan fingerprint density at radius 1 is 1.36 bits per heavy atom. The number of nitrogens with zero attached hydrogens (tertiary/aromatic N) is 1. The fraction of sp³-hybridized carbons (Fsp3) is 0.917. The maximum Gasteiger partial charge on any atom is 0.219 e. The van der Waals surface area contributed by atoms with Crippen LogP contribution in [0.2, 0.25) is 0 Å². The van der Waals surface area contributed by atoms with E-state index in [9.17, 15) is 4.79 Å². The number of hydrogen-bond acceptors (Lipinski definition) is 1. The molecule has 0 aromatic heterocycles. The van der Waals surface area contributed by atoms with E-state index < -0.39 is 0 Å². The van der Waals surface area contributed by atoms with Crippen molar-refractivity contribution in [3.05, 3.63) is 0 Å². The predicted molar refractivity (Wildman–Crippen MR) is 56.9 cm³/mol. The van der Waals surface area contributed by atoms with Crippen LogP contribution in [0.25, 0.3) is 0 Å². The second-order valence-corrected chi connectivity index (χ2v) is 5.23. The first kappa shape index (κ1) is 10.0. The van der Waals surface area contributed by atoms with Crippen LogP contribution in [0.4, 0.5) is 0 Å². The van der Waals surface area contributed by atoms with Gasteiger partial charge in [-0.1, -0.05) is 13.3 Å². The SMILES string of the molecule is CCC1CCC2(CC1)CN(C(C)=O)C2. The fourth-order valence-electron chi connectivity index (χ4n) is 3.00. The molecule has 0 atom stereocenters. The average Bonchev–Trinajstić information content (AvgIpc) is 2.14. The quantitative estimate of drug-likeness (QED) is 0.629. The zero-order valence-electron chi connectivity index (χ0n) is 9.38. The van der Waals surface area contributed by atoms with Crippen molar-refractivity contribution in [2.45, 2.75) is 46.0 Å². The van der Waals surface area contributed by atoms with Gasteiger partial charge >= 0.3 is 0 Å². The molecule has 0 unspecified atom stereocenters. The van der Waals surface area contributed by atoms with Crippen LogP contribution in [0, 0.1) is 11.3 Å². The van der Waals surface area contributed by atoms with Gasteiger partial charge in [0.05, 0.1) is 0 Å². The van der Waals surface area contributed by atoms with Crippen molar-refractivity contribution >= 4 is 5.91 Å². The van der Waals surface area contributed by atoms with Gasteiger partial charge in [-0.25, -0.2) is 0 Å². The third kappa shape index (κ3) is 1.67. The van der Waals surface area contributed by atoms with Gasteiger partial charge in [-0.2, -0.15) is 0 Å². The van der Waals surface area contributed by atoms with Crippen LogP contribution in [0.5, 0.6) is 0 Å². The summed E-state index contributed by atoms with van der Waals surface area (Å²) < 4.78 is 0. The van der Waals surface area contributed by atoms with E-state index in [1.54, 1.807) is 6.92 Å². The van der Waals surface area contributed by atoms with Crippen molar-refractivity contribution < 1.29 is 4.79 Å². The Bertz CT molecular complexity index is 220. The van der Waals surface area contributed by atoms with Gasteiger partial charge in [-0.05, 0) is 31.6 Å². The van der Waals surface area contributed by atoms with E-state index in [-0.39, 0.29) is 5.91 Å². The number of hydrogen-bond donors (Lipinski definition) is 0. The summed E-state index contributed by atoms with van der Waals surface area (Å²) in [6, 6.07) is 0. The number of likely N-dealkylation sites (tertiary alicyclic amines) is 1. The smallest absolute Gasteiger partial charge is 0.219 e. The molecular formula is C12H21NO. The van der Waals surface area contributed by atoms with E-state index in [1.807, 2.05) is 4.90 Å². The zero-order valence-corrected chi connectivity index (χ0v) is 9.38. The largest absolute Gasteiger partial charge is 0.342 e. The number of amides is 1. The molecule has 2 rings (SSSR count). The summed E-state index contributed by atoms with van der Waals surface area (Å²) in [6.45, 7) is 6.06. The lowest BCUT2D eigenvalue weighted by molar-refractivity contribution is -0.143. The predicted octanol–water partition coefficient (Wildman–Crippen LogP) is 2.44. The van der Waals surface area contributed by atoms with Crippen molar-refractivity contribution in [1.82, 2.24) is 4.90 Å². The molecule has 1 amide bonds. The molecule has 80 valence electrons. The molecule has 1 saturated carbocycles. The van der Waals surface area contributed by atoms with Crippen molar-refractivity contribution in [3.8, 4) is 0 Å². The van der Waals surface area contributed by atoms with Gasteiger partial charge in [0, 0.05) is 25.4 Å². The lowest BCUT2D eigenvalue weighted by Gasteiger charge is -2.53. The van der Waals surface area contributed by atoms with E-state index in [0.29, 0.717) is 5.41 Å². The first-order valence-electron chi connectivity index (χ1n) is 5.91. The van der Waals surface area contributed by atoms with Gasteiger partial charge in [0.2, 0.25) is 5.91 Å². The summed E-state index contributed by atoms with van der Waals surface area (Å²) in [6.07, 6.45) is 6.83. The van der Waals surface area contributed by atoms with Crippen molar-refractivity contribution in [2.75, 3.05) is 13.1 Å². The summed E-state index contributed by atoms with van der Waals surface area (Å²) in [5, 5.41) is 0. The van der Waals surface area contributed by atoms with Gasteiger partial charge in [-0.3, -0.25) is 4.79 Å². The number of rotatable bonds is 1. The van der Waals surface area contributed by atoms with Crippen LogP contribution in [-0.2, 0) is 4.79 Å². The number of carbonyl (C=O) groups is 1. The molecule has 14 heavy (non-hydrogen) atoms. The minimum atomic E-state index is 0.258. The molecule has 2 nitrogen and oxygen atoms in total. The summed E-state index contributed by atoms with van der Waals surface area (Å²) in [7, 11) is 0. The minimum absolute atomic E-state index is 0.258. The first-order chi connectivity index (χ1) is 6.65. The Balaban J connectivity index is 1.82. The fourth-order valence-corrected chi connectivity index (χ4v) is 3.00. The van der Waals surface area contributed by atoms with Crippen LogP contribution < -0.4 is 0 Å². The van der Waals surface area contributed by atoms with Crippen LogP contribution in [0.15, 0.2) is 0 Å². The molecule has 1 saturated heterocycles. The van der Waals surface area contributed by atoms with Crippen molar-refractivity contribution in [3.63, 3.8) is 0 Å². The molecule has 1 aliphatic heterocycles. The minimum Gasteiger partial charge on any atom is -0.342 e. The van der Waals surface area contributed by atoms with Gasteiger partial charge < -0.3 is 4.90 Å². The summed E-state index contributed by atoms with van der Waals surface area (Å²) >= 11 is 0. The van der Waals surface area contributed by atoms with Crippen molar-refractivity contribution in [1.29, 1.82) is 0 Å². The van der Waals surface area contributed by atoms with Crippen LogP contribution >= 0.6 is 0 Å². The molecule has 1 spiro atoms. The molecular weight excluding hydrogens is 174 g/mol. The highest BCUT2D eigenvalue weighted by molar-refractivity contribution is 5.74. The summed E-state index contributed by atoms with van der Waals surface area (Å²) in [5.41, 5.74) is 0.539. The van der Waals surface area contributed by atoms with Gasteiger partial charge in [0.1, 0.15) is 0 Å². The van der Waals surface area contributed by atoms with Crippen LogP contribution in [0.3, 0.4) is 0 Å². The lowest BCUT2D eigenvalue weighted by atomic mass is 9.65. The van der Waals surface area contributed by atoms with E-state index in [0.717, 1.165) is 19.0 Å². The Morgan fingerprint density at radius 2 is 1.93 bits per heavy atom. The van der Waals surface area contributed by atoms with E-state index in [4.69, 9.17) is 0 Å². The first-order valence-corrected chi connectivity index (χ1v) is 5.91. The van der Waals surface area contributed by atoms with Gasteiger partial charge in [0.15, 0.2) is 0 Å². The molecule has 1 aliphatic carbocycles. The number of carbonyl (C=O) groups excluding carboxylic acids is 1. The molecule has 0 radical (unpaired) electrons. The molecule has 2 heteroatoms. The Hall–Kier alpha value is -0.530.